The maximum Gasteiger partial charge on any atom is 0.280 e. The number of hydrazone groups is 1. The summed E-state index contributed by atoms with van der Waals surface area (Å²) in [6, 6.07) is 25.0. The van der Waals surface area contributed by atoms with Crippen LogP contribution in [-0.4, -0.2) is 41.1 Å². The van der Waals surface area contributed by atoms with Gasteiger partial charge < -0.3 is 19.7 Å². The van der Waals surface area contributed by atoms with E-state index in [1.54, 1.807) is 7.11 Å². The number of anilines is 2. The number of aliphatic hydroxyl groups is 1. The summed E-state index contributed by atoms with van der Waals surface area (Å²) in [7, 11) is 1.62. The van der Waals surface area contributed by atoms with Crippen molar-refractivity contribution in [3.05, 3.63) is 96.2 Å². The van der Waals surface area contributed by atoms with Crippen LogP contribution in [0.3, 0.4) is 0 Å². The van der Waals surface area contributed by atoms with Gasteiger partial charge in [0.15, 0.2) is 0 Å². The summed E-state index contributed by atoms with van der Waals surface area (Å²) in [5, 5.41) is 21.0. The first-order valence-corrected chi connectivity index (χ1v) is 11.8. The molecule has 36 heavy (non-hydrogen) atoms. The molecule has 182 valence electrons. The Morgan fingerprint density at radius 2 is 1.75 bits per heavy atom. The predicted molar refractivity (Wildman–Crippen MR) is 144 cm³/mol. The van der Waals surface area contributed by atoms with E-state index in [0.29, 0.717) is 24.4 Å². The molecule has 5 rings (SSSR count). The average Bonchev–Trinajstić information content (AvgIpc) is 3.40. The van der Waals surface area contributed by atoms with Crippen LogP contribution in [0.15, 0.2) is 95.7 Å². The number of hydrogen-bond donors (Lipinski definition) is 2. The van der Waals surface area contributed by atoms with E-state index in [2.05, 4.69) is 10.4 Å². The number of methoxy groups -OCH3 is 1. The number of ether oxygens (including phenoxy) is 1. The Bertz CT molecular complexity index is 1460. The SMILES string of the molecule is COc1ccccc1NCC(O)Cn1cc(/C=C2/C(=O)N(c3ccccc3)N=C2C)c2ccccc21. The van der Waals surface area contributed by atoms with Crippen LogP contribution in [0, 0.1) is 0 Å². The van der Waals surface area contributed by atoms with Gasteiger partial charge in [-0.25, -0.2) is 0 Å². The van der Waals surface area contributed by atoms with Crippen molar-refractivity contribution in [3.8, 4) is 5.75 Å². The van der Waals surface area contributed by atoms with Crippen LogP contribution in [0.2, 0.25) is 0 Å². The summed E-state index contributed by atoms with van der Waals surface area (Å²) < 4.78 is 7.40. The molecule has 4 aromatic rings. The molecule has 1 atom stereocenters. The number of rotatable bonds is 8. The molecule has 0 bridgehead atoms. The lowest BCUT2D eigenvalue weighted by molar-refractivity contribution is -0.114. The summed E-state index contributed by atoms with van der Waals surface area (Å²) in [6.45, 7) is 2.60. The van der Waals surface area contributed by atoms with Gasteiger partial charge in [-0.2, -0.15) is 10.1 Å². The lowest BCUT2D eigenvalue weighted by Gasteiger charge is -2.16. The first-order chi connectivity index (χ1) is 17.5. The fraction of sp³-hybridized carbons (Fsp3) is 0.172. The average molecular weight is 481 g/mol. The highest BCUT2D eigenvalue weighted by molar-refractivity contribution is 6.32. The van der Waals surface area contributed by atoms with Gasteiger partial charge in [-0.3, -0.25) is 4.79 Å². The van der Waals surface area contributed by atoms with Gasteiger partial charge in [0.25, 0.3) is 5.91 Å². The molecule has 1 aromatic heterocycles. The molecular formula is C29H28N4O3. The Kier molecular flexibility index (Phi) is 6.56. The first-order valence-electron chi connectivity index (χ1n) is 11.8. The van der Waals surface area contributed by atoms with Gasteiger partial charge in [-0.05, 0) is 43.3 Å². The number of para-hydroxylation sites is 4. The minimum atomic E-state index is -0.642. The van der Waals surface area contributed by atoms with Crippen molar-refractivity contribution in [1.29, 1.82) is 0 Å². The Balaban J connectivity index is 1.38. The summed E-state index contributed by atoms with van der Waals surface area (Å²) in [5.41, 5.74) is 4.68. The van der Waals surface area contributed by atoms with Gasteiger partial charge in [0, 0.05) is 29.2 Å². The Morgan fingerprint density at radius 1 is 1.03 bits per heavy atom. The van der Waals surface area contributed by atoms with E-state index in [-0.39, 0.29) is 5.91 Å². The Labute approximate surface area is 209 Å². The highest BCUT2D eigenvalue weighted by Gasteiger charge is 2.29. The molecule has 2 N–H and O–H groups in total. The summed E-state index contributed by atoms with van der Waals surface area (Å²) in [6.07, 6.45) is 3.23. The third kappa shape index (κ3) is 4.61. The quantitative estimate of drug-likeness (QED) is 0.351. The van der Waals surface area contributed by atoms with Crippen molar-refractivity contribution >= 4 is 40.0 Å². The van der Waals surface area contributed by atoms with Crippen LogP contribution in [-0.2, 0) is 11.3 Å². The van der Waals surface area contributed by atoms with E-state index in [9.17, 15) is 9.90 Å². The smallest absolute Gasteiger partial charge is 0.280 e. The van der Waals surface area contributed by atoms with Gasteiger partial charge in [0.05, 0.1) is 42.4 Å². The van der Waals surface area contributed by atoms with Crippen LogP contribution >= 0.6 is 0 Å². The van der Waals surface area contributed by atoms with Gasteiger partial charge in [-0.15, -0.1) is 0 Å². The van der Waals surface area contributed by atoms with Crippen LogP contribution in [0.1, 0.15) is 12.5 Å². The van der Waals surface area contributed by atoms with Crippen molar-refractivity contribution < 1.29 is 14.6 Å². The zero-order chi connectivity index (χ0) is 25.1. The van der Waals surface area contributed by atoms with Crippen molar-refractivity contribution in [2.24, 2.45) is 5.10 Å². The first kappa shape index (κ1) is 23.4. The number of amides is 1. The Morgan fingerprint density at radius 3 is 2.56 bits per heavy atom. The number of nitrogens with zero attached hydrogens (tertiary/aromatic N) is 3. The number of benzene rings is 3. The predicted octanol–water partition coefficient (Wildman–Crippen LogP) is 4.93. The topological polar surface area (TPSA) is 79.1 Å². The van der Waals surface area contributed by atoms with Crippen LogP contribution < -0.4 is 15.1 Å². The van der Waals surface area contributed by atoms with Gasteiger partial charge in [0.1, 0.15) is 5.75 Å². The van der Waals surface area contributed by atoms with E-state index in [4.69, 9.17) is 4.74 Å². The number of nitrogens with one attached hydrogen (secondary N) is 1. The molecule has 1 aliphatic rings. The molecule has 7 heteroatoms. The number of carbonyl (C=O) groups excluding carboxylic acids is 1. The molecule has 2 heterocycles. The molecule has 0 radical (unpaired) electrons. The summed E-state index contributed by atoms with van der Waals surface area (Å²) >= 11 is 0. The number of aliphatic hydroxyl groups excluding tert-OH is 1. The van der Waals surface area contributed by atoms with Crippen molar-refractivity contribution in [3.63, 3.8) is 0 Å². The minimum Gasteiger partial charge on any atom is -0.495 e. The second-order valence-electron chi connectivity index (χ2n) is 8.68. The molecule has 0 fully saturated rings. The number of fused-ring (bicyclic) bond motifs is 1. The van der Waals surface area contributed by atoms with Crippen LogP contribution in [0.4, 0.5) is 11.4 Å². The maximum atomic E-state index is 13.2. The molecular weight excluding hydrogens is 452 g/mol. The highest BCUT2D eigenvalue weighted by atomic mass is 16.5. The third-order valence-electron chi connectivity index (χ3n) is 6.23. The van der Waals surface area contributed by atoms with E-state index in [1.165, 1.54) is 5.01 Å². The lowest BCUT2D eigenvalue weighted by Crippen LogP contribution is -2.24. The largest absolute Gasteiger partial charge is 0.495 e. The molecule has 0 aliphatic carbocycles. The summed E-state index contributed by atoms with van der Waals surface area (Å²) in [4.78, 5) is 13.2. The molecule has 0 spiro atoms. The van der Waals surface area contributed by atoms with E-state index in [1.807, 2.05) is 103 Å². The van der Waals surface area contributed by atoms with Crippen LogP contribution in [0.5, 0.6) is 5.75 Å². The monoisotopic (exact) mass is 480 g/mol. The molecule has 7 nitrogen and oxygen atoms in total. The fourth-order valence-corrected chi connectivity index (χ4v) is 4.44. The van der Waals surface area contributed by atoms with Crippen molar-refractivity contribution in [2.45, 2.75) is 19.6 Å². The molecule has 1 amide bonds. The van der Waals surface area contributed by atoms with Crippen LogP contribution in [0.25, 0.3) is 17.0 Å². The van der Waals surface area contributed by atoms with Crippen molar-refractivity contribution in [2.75, 3.05) is 24.0 Å². The van der Waals surface area contributed by atoms with E-state index < -0.39 is 6.10 Å². The maximum absolute atomic E-state index is 13.2. The molecule has 0 saturated heterocycles. The second kappa shape index (κ2) is 10.1. The lowest BCUT2D eigenvalue weighted by atomic mass is 10.1. The number of aromatic nitrogens is 1. The van der Waals surface area contributed by atoms with Gasteiger partial charge in [-0.1, -0.05) is 48.5 Å². The van der Waals surface area contributed by atoms with Crippen molar-refractivity contribution in [1.82, 2.24) is 4.57 Å². The van der Waals surface area contributed by atoms with Gasteiger partial charge >= 0.3 is 0 Å². The normalized spacial score (nSPS) is 15.4. The molecule has 1 aliphatic heterocycles. The third-order valence-corrected chi connectivity index (χ3v) is 6.23. The zero-order valence-corrected chi connectivity index (χ0v) is 20.3. The number of hydrogen-bond acceptors (Lipinski definition) is 5. The standard InChI is InChI=1S/C29H28N4O3/c1-20-25(29(35)33(31-20)22-10-4-3-5-11-22)16-21-18-32(27-14-8-6-12-24(21)27)19-23(34)17-30-26-13-7-9-15-28(26)36-2/h3-16,18,23,30,34H,17,19H2,1-2H3/b25-16+. The molecule has 1 unspecified atom stereocenters. The fourth-order valence-electron chi connectivity index (χ4n) is 4.44. The number of carbonyl (C=O) groups is 1. The summed E-state index contributed by atoms with van der Waals surface area (Å²) in [5.74, 6) is 0.574. The second-order valence-corrected chi connectivity index (χ2v) is 8.68. The molecule has 3 aromatic carbocycles. The van der Waals surface area contributed by atoms with E-state index >= 15 is 0 Å². The van der Waals surface area contributed by atoms with Gasteiger partial charge in [0.2, 0.25) is 0 Å². The molecule has 0 saturated carbocycles. The zero-order valence-electron chi connectivity index (χ0n) is 20.3. The minimum absolute atomic E-state index is 0.156. The highest BCUT2D eigenvalue weighted by Crippen LogP contribution is 2.29. The van der Waals surface area contributed by atoms with E-state index in [0.717, 1.165) is 33.6 Å². The Hall–Kier alpha value is -4.36.